The molecule has 0 amide bonds. The molecule has 4 heteroatoms. The van der Waals surface area contributed by atoms with Gasteiger partial charge < -0.3 is 5.11 Å². The number of carboxylic acid groups (broad SMARTS) is 1. The predicted molar refractivity (Wildman–Crippen MR) is 62.2 cm³/mol. The van der Waals surface area contributed by atoms with Gasteiger partial charge in [0.1, 0.15) is 0 Å². The summed E-state index contributed by atoms with van der Waals surface area (Å²) in [6.45, 7) is 0. The molecule has 15 heavy (non-hydrogen) atoms. The van der Waals surface area contributed by atoms with Gasteiger partial charge >= 0.3 is 5.97 Å². The highest BCUT2D eigenvalue weighted by atomic mass is 79.9. The smallest absolute Gasteiger partial charge is 0.309 e. The lowest BCUT2D eigenvalue weighted by Gasteiger charge is -2.12. The van der Waals surface area contributed by atoms with Crippen molar-refractivity contribution < 1.29 is 9.90 Å². The van der Waals surface area contributed by atoms with Gasteiger partial charge in [0, 0.05) is 9.50 Å². The van der Waals surface area contributed by atoms with E-state index in [1.807, 2.05) is 12.1 Å². The minimum atomic E-state index is -0.714. The maximum absolute atomic E-state index is 11.1. The van der Waals surface area contributed by atoms with Gasteiger partial charge in [0.05, 0.1) is 5.41 Å². The van der Waals surface area contributed by atoms with Gasteiger partial charge in [-0.1, -0.05) is 33.6 Å². The molecule has 1 aromatic rings. The SMILES string of the molecule is O=C(O)C1(Cc2c(Cl)cccc2Br)CC1. The first-order chi connectivity index (χ1) is 7.05. The molecular weight excluding hydrogens is 279 g/mol. The van der Waals surface area contributed by atoms with Gasteiger partial charge in [-0.3, -0.25) is 4.79 Å². The Balaban J connectivity index is 2.29. The predicted octanol–water partition coefficient (Wildman–Crippen LogP) is 3.51. The summed E-state index contributed by atoms with van der Waals surface area (Å²) in [5, 5.41) is 9.72. The molecule has 0 aromatic heterocycles. The summed E-state index contributed by atoms with van der Waals surface area (Å²) in [5.74, 6) is -0.714. The minimum Gasteiger partial charge on any atom is -0.481 e. The quantitative estimate of drug-likeness (QED) is 0.924. The average Bonchev–Trinajstić information content (AvgIpc) is 2.93. The fourth-order valence-electron chi connectivity index (χ4n) is 1.66. The van der Waals surface area contributed by atoms with E-state index in [0.717, 1.165) is 22.9 Å². The van der Waals surface area contributed by atoms with Crippen LogP contribution in [0.1, 0.15) is 18.4 Å². The summed E-state index contributed by atoms with van der Waals surface area (Å²) in [7, 11) is 0. The zero-order valence-corrected chi connectivity index (χ0v) is 10.3. The summed E-state index contributed by atoms with van der Waals surface area (Å²) in [5.41, 5.74) is 0.340. The second kappa shape index (κ2) is 3.80. The van der Waals surface area contributed by atoms with Crippen LogP contribution in [0, 0.1) is 5.41 Å². The van der Waals surface area contributed by atoms with Crippen molar-refractivity contribution in [1.29, 1.82) is 0 Å². The summed E-state index contributed by atoms with van der Waals surface area (Å²) in [6, 6.07) is 5.52. The first-order valence-electron chi connectivity index (χ1n) is 4.71. The number of carboxylic acids is 1. The van der Waals surface area contributed by atoms with E-state index in [-0.39, 0.29) is 0 Å². The van der Waals surface area contributed by atoms with Crippen molar-refractivity contribution >= 4 is 33.5 Å². The fourth-order valence-corrected chi connectivity index (χ4v) is 2.52. The lowest BCUT2D eigenvalue weighted by Crippen LogP contribution is -2.18. The van der Waals surface area contributed by atoms with Crippen LogP contribution >= 0.6 is 27.5 Å². The lowest BCUT2D eigenvalue weighted by molar-refractivity contribution is -0.143. The molecule has 1 saturated carbocycles. The molecule has 0 saturated heterocycles. The highest BCUT2D eigenvalue weighted by molar-refractivity contribution is 9.10. The molecule has 1 aliphatic carbocycles. The van der Waals surface area contributed by atoms with Crippen LogP contribution in [0.2, 0.25) is 5.02 Å². The Morgan fingerprint density at radius 2 is 2.20 bits per heavy atom. The Kier molecular flexibility index (Phi) is 2.77. The Morgan fingerprint density at radius 1 is 1.53 bits per heavy atom. The largest absolute Gasteiger partial charge is 0.481 e. The molecule has 1 aromatic carbocycles. The molecule has 2 rings (SSSR count). The van der Waals surface area contributed by atoms with Crippen LogP contribution < -0.4 is 0 Å². The monoisotopic (exact) mass is 288 g/mol. The van der Waals surface area contributed by atoms with Crippen molar-refractivity contribution in [2.75, 3.05) is 0 Å². The van der Waals surface area contributed by atoms with Gasteiger partial charge in [0.15, 0.2) is 0 Å². The van der Waals surface area contributed by atoms with E-state index in [2.05, 4.69) is 15.9 Å². The molecule has 0 unspecified atom stereocenters. The molecular formula is C11H10BrClO2. The Morgan fingerprint density at radius 3 is 2.67 bits per heavy atom. The summed E-state index contributed by atoms with van der Waals surface area (Å²) < 4.78 is 0.891. The maximum Gasteiger partial charge on any atom is 0.309 e. The molecule has 0 radical (unpaired) electrons. The van der Waals surface area contributed by atoms with Crippen LogP contribution in [-0.4, -0.2) is 11.1 Å². The molecule has 1 aliphatic rings. The van der Waals surface area contributed by atoms with Crippen LogP contribution in [0.3, 0.4) is 0 Å². The standard InChI is InChI=1S/C11H10BrClO2/c12-8-2-1-3-9(13)7(8)6-11(4-5-11)10(14)15/h1-3H,4-6H2,(H,14,15). The Hall–Kier alpha value is -0.540. The van der Waals surface area contributed by atoms with Gasteiger partial charge in [-0.25, -0.2) is 0 Å². The van der Waals surface area contributed by atoms with Gasteiger partial charge in [0.2, 0.25) is 0 Å². The first kappa shape index (κ1) is 11.0. The third-order valence-electron chi connectivity index (χ3n) is 2.88. The maximum atomic E-state index is 11.1. The van der Waals surface area contributed by atoms with Crippen LogP contribution in [0.5, 0.6) is 0 Å². The Labute approximate surface area is 101 Å². The number of carbonyl (C=O) groups is 1. The molecule has 0 aliphatic heterocycles. The highest BCUT2D eigenvalue weighted by Gasteiger charge is 2.50. The molecule has 1 N–H and O–H groups in total. The van der Waals surface area contributed by atoms with Crippen molar-refractivity contribution in [2.45, 2.75) is 19.3 Å². The molecule has 0 heterocycles. The van der Waals surface area contributed by atoms with Crippen molar-refractivity contribution in [2.24, 2.45) is 5.41 Å². The highest BCUT2D eigenvalue weighted by Crippen LogP contribution is 2.50. The van der Waals surface area contributed by atoms with Crippen LogP contribution in [-0.2, 0) is 11.2 Å². The van der Waals surface area contributed by atoms with E-state index in [9.17, 15) is 4.79 Å². The topological polar surface area (TPSA) is 37.3 Å². The molecule has 0 bridgehead atoms. The third-order valence-corrected chi connectivity index (χ3v) is 3.98. The summed E-state index contributed by atoms with van der Waals surface area (Å²) in [4.78, 5) is 11.1. The lowest BCUT2D eigenvalue weighted by atomic mass is 9.97. The van der Waals surface area contributed by atoms with Crippen molar-refractivity contribution in [3.05, 3.63) is 33.3 Å². The summed E-state index contributed by atoms with van der Waals surface area (Å²) in [6.07, 6.45) is 2.02. The minimum absolute atomic E-state index is 0.516. The number of aliphatic carboxylic acids is 1. The number of benzene rings is 1. The first-order valence-corrected chi connectivity index (χ1v) is 5.88. The fraction of sp³-hybridized carbons (Fsp3) is 0.364. The third kappa shape index (κ3) is 2.04. The molecule has 2 nitrogen and oxygen atoms in total. The number of halogens is 2. The molecule has 1 fully saturated rings. The van der Waals surface area contributed by atoms with Crippen molar-refractivity contribution in [3.8, 4) is 0 Å². The van der Waals surface area contributed by atoms with Crippen molar-refractivity contribution in [1.82, 2.24) is 0 Å². The van der Waals surface area contributed by atoms with Crippen LogP contribution in [0.25, 0.3) is 0 Å². The van der Waals surface area contributed by atoms with E-state index in [0.29, 0.717) is 11.4 Å². The second-order valence-corrected chi connectivity index (χ2v) is 5.22. The molecule has 0 atom stereocenters. The summed E-state index contributed by atoms with van der Waals surface area (Å²) >= 11 is 9.44. The van der Waals surface area contributed by atoms with Gasteiger partial charge in [-0.15, -0.1) is 0 Å². The molecule has 80 valence electrons. The Bertz CT molecular complexity index is 393. The van der Waals surface area contributed by atoms with Gasteiger partial charge in [0.25, 0.3) is 0 Å². The zero-order chi connectivity index (χ0) is 11.1. The van der Waals surface area contributed by atoms with Gasteiger partial charge in [-0.05, 0) is 37.0 Å². The zero-order valence-electron chi connectivity index (χ0n) is 7.96. The van der Waals surface area contributed by atoms with Crippen LogP contribution in [0.15, 0.2) is 22.7 Å². The molecule has 0 spiro atoms. The van der Waals surface area contributed by atoms with Crippen LogP contribution in [0.4, 0.5) is 0 Å². The number of hydrogen-bond donors (Lipinski definition) is 1. The number of rotatable bonds is 3. The van der Waals surface area contributed by atoms with Crippen molar-refractivity contribution in [3.63, 3.8) is 0 Å². The van der Waals surface area contributed by atoms with E-state index < -0.39 is 11.4 Å². The number of hydrogen-bond acceptors (Lipinski definition) is 1. The van der Waals surface area contributed by atoms with E-state index in [4.69, 9.17) is 16.7 Å². The van der Waals surface area contributed by atoms with E-state index >= 15 is 0 Å². The van der Waals surface area contributed by atoms with E-state index in [1.54, 1.807) is 6.07 Å². The van der Waals surface area contributed by atoms with E-state index in [1.165, 1.54) is 0 Å². The normalized spacial score (nSPS) is 17.5. The van der Waals surface area contributed by atoms with Gasteiger partial charge in [-0.2, -0.15) is 0 Å². The average molecular weight is 290 g/mol. The second-order valence-electron chi connectivity index (χ2n) is 3.96.